The Morgan fingerprint density at radius 3 is 3.19 bits per heavy atom. The van der Waals surface area contributed by atoms with E-state index in [1.54, 1.807) is 5.38 Å². The highest BCUT2D eigenvalue weighted by Gasteiger charge is 2.24. The second-order valence-corrected chi connectivity index (χ2v) is 6.10. The highest BCUT2D eigenvalue weighted by molar-refractivity contribution is 7.09. The highest BCUT2D eigenvalue weighted by atomic mass is 32.1. The molecule has 1 aliphatic heterocycles. The molecule has 2 aromatic heterocycles. The largest absolute Gasteiger partial charge is 0.391 e. The number of Topliss-reactive ketones (excluding diaryl/α,β-unsaturated/α-hetero) is 1. The number of piperidine rings is 1. The predicted molar refractivity (Wildman–Crippen MR) is 80.5 cm³/mol. The Labute approximate surface area is 125 Å². The molecule has 1 aliphatic rings. The van der Waals surface area contributed by atoms with Crippen LogP contribution < -0.4 is 10.9 Å². The molecule has 1 saturated heterocycles. The maximum atomic E-state index is 12.2. The van der Waals surface area contributed by atoms with Gasteiger partial charge in [0.05, 0.1) is 29.9 Å². The first kappa shape index (κ1) is 14.4. The van der Waals surface area contributed by atoms with Crippen LogP contribution in [0.3, 0.4) is 0 Å². The van der Waals surface area contributed by atoms with Crippen molar-refractivity contribution in [3.63, 3.8) is 0 Å². The topological polar surface area (TPSA) is 84.2 Å². The van der Waals surface area contributed by atoms with E-state index in [9.17, 15) is 14.7 Å². The van der Waals surface area contributed by atoms with Crippen molar-refractivity contribution < 1.29 is 9.90 Å². The Balaban J connectivity index is 1.71. The zero-order valence-electron chi connectivity index (χ0n) is 11.5. The molecule has 0 aromatic carbocycles. The molecule has 2 unspecified atom stereocenters. The number of hydrogen-bond donors (Lipinski definition) is 2. The standard InChI is InChI=1S/C14H17N3O3S/c18-9(4-11-13(19)2-1-3-15-11)5-17-8-16-12-7-21-6-10(12)14(17)20/h6-8,11,13,15,19H,1-5H2. The van der Waals surface area contributed by atoms with Crippen LogP contribution in [0.5, 0.6) is 0 Å². The molecule has 0 spiro atoms. The van der Waals surface area contributed by atoms with E-state index >= 15 is 0 Å². The molecule has 0 saturated carbocycles. The fourth-order valence-corrected chi connectivity index (χ4v) is 3.39. The summed E-state index contributed by atoms with van der Waals surface area (Å²) in [6, 6.07) is -0.209. The number of thiophene rings is 1. The lowest BCUT2D eigenvalue weighted by Crippen LogP contribution is -2.46. The molecule has 3 rings (SSSR count). The van der Waals surface area contributed by atoms with E-state index < -0.39 is 6.10 Å². The van der Waals surface area contributed by atoms with Crippen LogP contribution in [0.25, 0.3) is 10.9 Å². The normalized spacial score (nSPS) is 22.5. The summed E-state index contributed by atoms with van der Waals surface area (Å²) in [6.45, 7) is 0.819. The number of aliphatic hydroxyl groups is 1. The lowest BCUT2D eigenvalue weighted by atomic mass is 9.97. The second-order valence-electron chi connectivity index (χ2n) is 5.36. The van der Waals surface area contributed by atoms with Gasteiger partial charge in [0.1, 0.15) is 0 Å². The van der Waals surface area contributed by atoms with Crippen LogP contribution in [0.4, 0.5) is 0 Å². The maximum Gasteiger partial charge on any atom is 0.262 e. The van der Waals surface area contributed by atoms with Crippen LogP contribution in [-0.2, 0) is 11.3 Å². The van der Waals surface area contributed by atoms with E-state index in [0.717, 1.165) is 13.0 Å². The van der Waals surface area contributed by atoms with Crippen molar-refractivity contribution in [1.29, 1.82) is 0 Å². The number of carbonyl (C=O) groups excluding carboxylic acids is 1. The quantitative estimate of drug-likeness (QED) is 0.861. The summed E-state index contributed by atoms with van der Waals surface area (Å²) >= 11 is 1.42. The Bertz CT molecular complexity index is 709. The van der Waals surface area contributed by atoms with Crippen molar-refractivity contribution in [2.24, 2.45) is 0 Å². The molecule has 2 N–H and O–H groups in total. The number of carbonyl (C=O) groups is 1. The average molecular weight is 307 g/mol. The van der Waals surface area contributed by atoms with Crippen molar-refractivity contribution in [1.82, 2.24) is 14.9 Å². The average Bonchev–Trinajstić information content (AvgIpc) is 2.94. The van der Waals surface area contributed by atoms with E-state index in [0.29, 0.717) is 17.3 Å². The molecule has 7 heteroatoms. The SMILES string of the molecule is O=C(CC1NCCCC1O)Cn1cnc2cscc2c1=O. The van der Waals surface area contributed by atoms with Gasteiger partial charge >= 0.3 is 0 Å². The molecule has 0 radical (unpaired) electrons. The van der Waals surface area contributed by atoms with Crippen LogP contribution >= 0.6 is 11.3 Å². The minimum Gasteiger partial charge on any atom is -0.391 e. The van der Waals surface area contributed by atoms with Gasteiger partial charge in [-0.05, 0) is 19.4 Å². The predicted octanol–water partition coefficient (Wildman–Crippen LogP) is 0.530. The van der Waals surface area contributed by atoms with Crippen LogP contribution in [0.1, 0.15) is 19.3 Å². The molecule has 2 atom stereocenters. The van der Waals surface area contributed by atoms with Crippen molar-refractivity contribution in [2.75, 3.05) is 6.54 Å². The number of nitrogens with zero attached hydrogens (tertiary/aromatic N) is 2. The number of aromatic nitrogens is 2. The Morgan fingerprint density at radius 2 is 2.38 bits per heavy atom. The monoisotopic (exact) mass is 307 g/mol. The van der Waals surface area contributed by atoms with Gasteiger partial charge in [-0.3, -0.25) is 14.2 Å². The van der Waals surface area contributed by atoms with E-state index in [-0.39, 0.29) is 30.3 Å². The van der Waals surface area contributed by atoms with Gasteiger partial charge in [-0.2, -0.15) is 0 Å². The van der Waals surface area contributed by atoms with E-state index in [1.165, 1.54) is 22.2 Å². The van der Waals surface area contributed by atoms with Crippen LogP contribution in [-0.4, -0.2) is 39.1 Å². The molecule has 0 amide bonds. The van der Waals surface area contributed by atoms with Crippen LogP contribution in [0.15, 0.2) is 21.9 Å². The number of ketones is 1. The number of nitrogens with one attached hydrogen (secondary N) is 1. The summed E-state index contributed by atoms with van der Waals surface area (Å²) in [6.07, 6.45) is 2.80. The van der Waals surface area contributed by atoms with E-state index in [4.69, 9.17) is 0 Å². The summed E-state index contributed by atoms with van der Waals surface area (Å²) in [5.41, 5.74) is 0.477. The first-order valence-corrected chi connectivity index (χ1v) is 7.94. The van der Waals surface area contributed by atoms with E-state index in [2.05, 4.69) is 10.3 Å². The first-order chi connectivity index (χ1) is 10.1. The number of fused-ring (bicyclic) bond motifs is 1. The van der Waals surface area contributed by atoms with Gasteiger partial charge in [-0.15, -0.1) is 11.3 Å². The van der Waals surface area contributed by atoms with Crippen molar-refractivity contribution >= 4 is 28.0 Å². The third-order valence-corrected chi connectivity index (χ3v) is 4.54. The molecule has 3 heterocycles. The zero-order chi connectivity index (χ0) is 14.8. The van der Waals surface area contributed by atoms with Crippen LogP contribution in [0, 0.1) is 0 Å². The highest BCUT2D eigenvalue weighted by Crippen LogP contribution is 2.13. The number of aliphatic hydroxyl groups excluding tert-OH is 1. The van der Waals surface area contributed by atoms with Crippen molar-refractivity contribution in [3.05, 3.63) is 27.4 Å². The third kappa shape index (κ3) is 3.04. The van der Waals surface area contributed by atoms with Gasteiger partial charge in [0.15, 0.2) is 5.78 Å². The lowest BCUT2D eigenvalue weighted by Gasteiger charge is -2.28. The number of rotatable bonds is 4. The maximum absolute atomic E-state index is 12.2. The molecule has 1 fully saturated rings. The van der Waals surface area contributed by atoms with Gasteiger partial charge in [0.25, 0.3) is 5.56 Å². The molecular formula is C14H17N3O3S. The molecule has 0 bridgehead atoms. The van der Waals surface area contributed by atoms with Gasteiger partial charge in [-0.25, -0.2) is 4.98 Å². The Morgan fingerprint density at radius 1 is 1.52 bits per heavy atom. The molecule has 2 aromatic rings. The summed E-state index contributed by atoms with van der Waals surface area (Å²) in [4.78, 5) is 28.5. The van der Waals surface area contributed by atoms with Gasteiger partial charge in [-0.1, -0.05) is 0 Å². The molecule has 21 heavy (non-hydrogen) atoms. The van der Waals surface area contributed by atoms with Gasteiger partial charge in [0, 0.05) is 23.2 Å². The number of hydrogen-bond acceptors (Lipinski definition) is 6. The Hall–Kier alpha value is -1.57. The van der Waals surface area contributed by atoms with Crippen molar-refractivity contribution in [2.45, 2.75) is 38.0 Å². The first-order valence-electron chi connectivity index (χ1n) is 6.99. The molecule has 6 nitrogen and oxygen atoms in total. The fourth-order valence-electron chi connectivity index (χ4n) is 2.65. The van der Waals surface area contributed by atoms with Gasteiger partial charge < -0.3 is 10.4 Å². The minimum absolute atomic E-state index is 0.00250. The zero-order valence-corrected chi connectivity index (χ0v) is 12.3. The van der Waals surface area contributed by atoms with Gasteiger partial charge in [0.2, 0.25) is 0 Å². The van der Waals surface area contributed by atoms with Crippen LogP contribution in [0.2, 0.25) is 0 Å². The smallest absolute Gasteiger partial charge is 0.262 e. The fraction of sp³-hybridized carbons (Fsp3) is 0.500. The second kappa shape index (κ2) is 6.05. The Kier molecular flexibility index (Phi) is 4.14. The summed E-state index contributed by atoms with van der Waals surface area (Å²) < 4.78 is 1.34. The summed E-state index contributed by atoms with van der Waals surface area (Å²) in [5, 5.41) is 17.1. The molecular weight excluding hydrogens is 290 g/mol. The lowest BCUT2D eigenvalue weighted by molar-refractivity contribution is -0.121. The summed E-state index contributed by atoms with van der Waals surface area (Å²) in [7, 11) is 0. The van der Waals surface area contributed by atoms with Crippen molar-refractivity contribution in [3.8, 4) is 0 Å². The van der Waals surface area contributed by atoms with E-state index in [1.807, 2.05) is 5.38 Å². The minimum atomic E-state index is -0.489. The molecule has 0 aliphatic carbocycles. The molecule has 112 valence electrons. The summed E-state index contributed by atoms with van der Waals surface area (Å²) in [5.74, 6) is -0.0769. The third-order valence-electron chi connectivity index (χ3n) is 3.81.